The zero-order valence-electron chi connectivity index (χ0n) is 17.0. The van der Waals surface area contributed by atoms with Gasteiger partial charge in [-0.05, 0) is 50.6 Å². The minimum atomic E-state index is -0.293. The van der Waals surface area contributed by atoms with Crippen LogP contribution in [0.2, 0.25) is 0 Å². The summed E-state index contributed by atoms with van der Waals surface area (Å²) in [5.41, 5.74) is 2.64. The largest absolute Gasteiger partial charge is 0.491 e. The second-order valence-electron chi connectivity index (χ2n) is 6.67. The topological polar surface area (TPSA) is 91.2 Å². The van der Waals surface area contributed by atoms with Gasteiger partial charge in [0.15, 0.2) is 5.69 Å². The first-order valence-electron chi connectivity index (χ1n) is 9.51. The minimum Gasteiger partial charge on any atom is -0.491 e. The number of rotatable bonds is 8. The van der Waals surface area contributed by atoms with Crippen LogP contribution in [0.25, 0.3) is 5.69 Å². The number of nitrogens with zero attached hydrogens (tertiary/aromatic N) is 4. The van der Waals surface area contributed by atoms with Crippen LogP contribution in [-0.2, 0) is 13.0 Å². The van der Waals surface area contributed by atoms with E-state index in [9.17, 15) is 4.79 Å². The van der Waals surface area contributed by atoms with Crippen LogP contribution in [0.1, 0.15) is 42.5 Å². The van der Waals surface area contributed by atoms with Crippen molar-refractivity contribution in [2.24, 2.45) is 0 Å². The van der Waals surface area contributed by atoms with E-state index in [0.717, 1.165) is 22.7 Å². The summed E-state index contributed by atoms with van der Waals surface area (Å²) < 4.78 is 12.6. The number of carbonyl (C=O) groups excluding carboxylic acids is 1. The van der Waals surface area contributed by atoms with Gasteiger partial charge in [-0.1, -0.05) is 18.2 Å². The van der Waals surface area contributed by atoms with Gasteiger partial charge in [0.05, 0.1) is 24.6 Å². The molecule has 0 saturated heterocycles. The molecule has 8 heteroatoms. The summed E-state index contributed by atoms with van der Waals surface area (Å²) >= 11 is 0. The monoisotopic (exact) mass is 395 g/mol. The second-order valence-corrected chi connectivity index (χ2v) is 6.67. The van der Waals surface area contributed by atoms with Gasteiger partial charge in [0, 0.05) is 18.3 Å². The molecular formula is C21H25N5O3. The van der Waals surface area contributed by atoms with Crippen molar-refractivity contribution in [2.45, 2.75) is 39.8 Å². The molecule has 0 radical (unpaired) electrons. The number of carbonyl (C=O) groups is 1. The van der Waals surface area contributed by atoms with Gasteiger partial charge in [-0.25, -0.2) is 9.67 Å². The Labute approximate surface area is 169 Å². The maximum absolute atomic E-state index is 12.7. The summed E-state index contributed by atoms with van der Waals surface area (Å²) in [6, 6.07) is 11.2. The number of nitrogens with one attached hydrogen (secondary N) is 1. The normalized spacial score (nSPS) is 10.8. The Balaban J connectivity index is 1.77. The van der Waals surface area contributed by atoms with Gasteiger partial charge in [0.25, 0.3) is 5.91 Å². The average molecular weight is 395 g/mol. The molecule has 3 rings (SSSR count). The number of hydrogen-bond acceptors (Lipinski definition) is 6. The Kier molecular flexibility index (Phi) is 6.43. The van der Waals surface area contributed by atoms with Crippen LogP contribution in [0.15, 0.2) is 42.6 Å². The van der Waals surface area contributed by atoms with Crippen molar-refractivity contribution < 1.29 is 14.3 Å². The summed E-state index contributed by atoms with van der Waals surface area (Å²) in [6.45, 7) is 6.21. The molecule has 8 nitrogen and oxygen atoms in total. The molecule has 2 heterocycles. The van der Waals surface area contributed by atoms with Crippen molar-refractivity contribution in [3.8, 4) is 17.3 Å². The average Bonchev–Trinajstić information content (AvgIpc) is 3.16. The van der Waals surface area contributed by atoms with Crippen LogP contribution in [0.4, 0.5) is 0 Å². The van der Waals surface area contributed by atoms with Gasteiger partial charge >= 0.3 is 0 Å². The highest BCUT2D eigenvalue weighted by Gasteiger charge is 2.19. The van der Waals surface area contributed by atoms with Crippen LogP contribution in [0.5, 0.6) is 11.6 Å². The van der Waals surface area contributed by atoms with Gasteiger partial charge in [0.1, 0.15) is 5.75 Å². The standard InChI is InChI=1S/C21H25N5O3/c1-5-18-19(20(27)23-13-15-7-6-12-22-21(15)28-4)24-25-26(18)16-8-10-17(11-9-16)29-14(2)3/h6-12,14H,5,13H2,1-4H3,(H,23,27). The lowest BCUT2D eigenvalue weighted by atomic mass is 10.2. The first kappa shape index (κ1) is 20.3. The summed E-state index contributed by atoms with van der Waals surface area (Å²) in [7, 11) is 1.55. The highest BCUT2D eigenvalue weighted by atomic mass is 16.5. The fraction of sp³-hybridized carbons (Fsp3) is 0.333. The maximum Gasteiger partial charge on any atom is 0.274 e. The number of ether oxygens (including phenoxy) is 2. The van der Waals surface area contributed by atoms with Crippen molar-refractivity contribution >= 4 is 5.91 Å². The van der Waals surface area contributed by atoms with Crippen molar-refractivity contribution in [1.29, 1.82) is 0 Å². The first-order chi connectivity index (χ1) is 14.0. The third kappa shape index (κ3) is 4.71. The molecule has 3 aromatic rings. The Morgan fingerprint density at radius 1 is 1.21 bits per heavy atom. The zero-order valence-corrected chi connectivity index (χ0v) is 17.0. The van der Waals surface area contributed by atoms with Crippen LogP contribution >= 0.6 is 0 Å². The second kappa shape index (κ2) is 9.18. The molecular weight excluding hydrogens is 370 g/mol. The van der Waals surface area contributed by atoms with Gasteiger partial charge in [-0.3, -0.25) is 4.79 Å². The predicted octanol–water partition coefficient (Wildman–Crippen LogP) is 2.95. The van der Waals surface area contributed by atoms with Gasteiger partial charge < -0.3 is 14.8 Å². The third-order valence-corrected chi connectivity index (χ3v) is 4.25. The number of amides is 1. The van der Waals surface area contributed by atoms with E-state index in [1.54, 1.807) is 24.1 Å². The molecule has 0 bridgehead atoms. The Hall–Kier alpha value is -3.42. The summed E-state index contributed by atoms with van der Waals surface area (Å²) in [5, 5.41) is 11.2. The molecule has 0 spiro atoms. The molecule has 0 aliphatic carbocycles. The van der Waals surface area contributed by atoms with Crippen LogP contribution in [0, 0.1) is 0 Å². The van der Waals surface area contributed by atoms with E-state index in [2.05, 4.69) is 20.6 Å². The highest BCUT2D eigenvalue weighted by molar-refractivity contribution is 5.93. The molecule has 0 fully saturated rings. The number of hydrogen-bond donors (Lipinski definition) is 1. The van der Waals surface area contributed by atoms with E-state index in [0.29, 0.717) is 18.0 Å². The molecule has 152 valence electrons. The van der Waals surface area contributed by atoms with Gasteiger partial charge in [0.2, 0.25) is 5.88 Å². The molecule has 1 amide bonds. The van der Waals surface area contributed by atoms with E-state index < -0.39 is 0 Å². The summed E-state index contributed by atoms with van der Waals surface area (Å²) in [4.78, 5) is 16.8. The molecule has 1 aromatic carbocycles. The third-order valence-electron chi connectivity index (χ3n) is 4.25. The fourth-order valence-electron chi connectivity index (χ4n) is 2.94. The minimum absolute atomic E-state index is 0.104. The fourth-order valence-corrected chi connectivity index (χ4v) is 2.94. The lowest BCUT2D eigenvalue weighted by molar-refractivity contribution is 0.0944. The number of methoxy groups -OCH3 is 1. The van der Waals surface area contributed by atoms with E-state index in [1.165, 1.54) is 0 Å². The van der Waals surface area contributed by atoms with Gasteiger partial charge in [-0.15, -0.1) is 5.10 Å². The smallest absolute Gasteiger partial charge is 0.274 e. The van der Waals surface area contributed by atoms with Crippen LogP contribution in [0.3, 0.4) is 0 Å². The number of pyridine rings is 1. The first-order valence-corrected chi connectivity index (χ1v) is 9.51. The Morgan fingerprint density at radius 3 is 2.62 bits per heavy atom. The van der Waals surface area contributed by atoms with Crippen molar-refractivity contribution in [1.82, 2.24) is 25.3 Å². The van der Waals surface area contributed by atoms with Crippen LogP contribution in [-0.4, -0.2) is 39.1 Å². The summed E-state index contributed by atoms with van der Waals surface area (Å²) in [5.74, 6) is 0.972. The zero-order chi connectivity index (χ0) is 20.8. The molecule has 0 aliphatic heterocycles. The highest BCUT2D eigenvalue weighted by Crippen LogP contribution is 2.19. The predicted molar refractivity (Wildman–Crippen MR) is 108 cm³/mol. The number of benzene rings is 1. The van der Waals surface area contributed by atoms with Crippen LogP contribution < -0.4 is 14.8 Å². The molecule has 1 N–H and O–H groups in total. The Morgan fingerprint density at radius 2 is 1.97 bits per heavy atom. The van der Waals surface area contributed by atoms with E-state index in [-0.39, 0.29) is 18.6 Å². The maximum atomic E-state index is 12.7. The molecule has 0 unspecified atom stereocenters. The van der Waals surface area contributed by atoms with Crippen molar-refractivity contribution in [3.63, 3.8) is 0 Å². The van der Waals surface area contributed by atoms with E-state index >= 15 is 0 Å². The lowest BCUT2D eigenvalue weighted by Crippen LogP contribution is -2.25. The van der Waals surface area contributed by atoms with E-state index in [1.807, 2.05) is 51.1 Å². The van der Waals surface area contributed by atoms with Gasteiger partial charge in [-0.2, -0.15) is 0 Å². The number of aromatic nitrogens is 4. The Bertz CT molecular complexity index is 967. The molecule has 2 aromatic heterocycles. The molecule has 0 aliphatic rings. The molecule has 29 heavy (non-hydrogen) atoms. The lowest BCUT2D eigenvalue weighted by Gasteiger charge is -2.11. The van der Waals surface area contributed by atoms with Crippen molar-refractivity contribution in [2.75, 3.05) is 7.11 Å². The van der Waals surface area contributed by atoms with E-state index in [4.69, 9.17) is 9.47 Å². The SMILES string of the molecule is CCc1c(C(=O)NCc2cccnc2OC)nnn1-c1ccc(OC(C)C)cc1. The quantitative estimate of drug-likeness (QED) is 0.631. The summed E-state index contributed by atoms with van der Waals surface area (Å²) in [6.07, 6.45) is 2.35. The molecule has 0 atom stereocenters. The molecule has 0 saturated carbocycles. The van der Waals surface area contributed by atoms with Crippen molar-refractivity contribution in [3.05, 3.63) is 59.5 Å².